The van der Waals surface area contributed by atoms with Gasteiger partial charge in [0.25, 0.3) is 0 Å². The van der Waals surface area contributed by atoms with Gasteiger partial charge < -0.3 is 4.98 Å². The highest BCUT2D eigenvalue weighted by Crippen LogP contribution is 2.30. The number of nitrogens with zero attached hydrogens (tertiary/aromatic N) is 1. The van der Waals surface area contributed by atoms with Crippen molar-refractivity contribution in [1.82, 2.24) is 9.97 Å². The Hall–Kier alpha value is -1.74. The van der Waals surface area contributed by atoms with E-state index >= 15 is 0 Å². The number of hydrogen-bond donors (Lipinski definition) is 1. The highest BCUT2D eigenvalue weighted by atomic mass is 32.2. The summed E-state index contributed by atoms with van der Waals surface area (Å²) < 4.78 is 0. The highest BCUT2D eigenvalue weighted by Gasteiger charge is 2.04. The predicted octanol–water partition coefficient (Wildman–Crippen LogP) is 4.02. The maximum absolute atomic E-state index is 4.30. The molecule has 0 atom stereocenters. The van der Waals surface area contributed by atoms with Gasteiger partial charge in [-0.3, -0.25) is 0 Å². The molecule has 0 fully saturated rings. The molecular formula is C14H12N2S. The molecule has 0 aliphatic rings. The zero-order valence-corrected chi connectivity index (χ0v) is 10.3. The molecule has 84 valence electrons. The Morgan fingerprint density at radius 3 is 2.65 bits per heavy atom. The normalized spacial score (nSPS) is 10.9. The molecule has 1 aromatic heterocycles. The first-order chi connectivity index (χ1) is 8.33. The molecule has 0 radical (unpaired) electrons. The summed E-state index contributed by atoms with van der Waals surface area (Å²) in [5, 5.41) is 3.58. The van der Waals surface area contributed by atoms with Crippen LogP contribution in [0.15, 0.2) is 58.7 Å². The van der Waals surface area contributed by atoms with E-state index in [1.54, 1.807) is 18.1 Å². The van der Waals surface area contributed by atoms with Crippen molar-refractivity contribution in [3.8, 4) is 0 Å². The second-order valence-corrected chi connectivity index (χ2v) is 5.01. The summed E-state index contributed by atoms with van der Waals surface area (Å²) in [6.45, 7) is 2.04. The van der Waals surface area contributed by atoms with Gasteiger partial charge in [-0.15, -0.1) is 0 Å². The van der Waals surface area contributed by atoms with Crippen LogP contribution >= 0.6 is 11.8 Å². The molecule has 0 aliphatic carbocycles. The van der Waals surface area contributed by atoms with E-state index in [4.69, 9.17) is 0 Å². The molecule has 2 aromatic carbocycles. The van der Waals surface area contributed by atoms with Gasteiger partial charge in [-0.1, -0.05) is 42.1 Å². The average molecular weight is 240 g/mol. The van der Waals surface area contributed by atoms with E-state index in [1.165, 1.54) is 15.7 Å². The number of aryl methyl sites for hydroxylation is 1. The largest absolute Gasteiger partial charge is 0.348 e. The van der Waals surface area contributed by atoms with Crippen LogP contribution in [0.2, 0.25) is 0 Å². The van der Waals surface area contributed by atoms with Crippen molar-refractivity contribution >= 4 is 22.5 Å². The van der Waals surface area contributed by atoms with Gasteiger partial charge in [-0.2, -0.15) is 0 Å². The molecule has 2 nitrogen and oxygen atoms in total. The van der Waals surface area contributed by atoms with E-state index in [1.807, 2.05) is 6.92 Å². The van der Waals surface area contributed by atoms with Crippen molar-refractivity contribution in [1.29, 1.82) is 0 Å². The molecule has 3 aromatic rings. The topological polar surface area (TPSA) is 28.7 Å². The molecule has 17 heavy (non-hydrogen) atoms. The molecule has 0 saturated carbocycles. The molecule has 3 heteroatoms. The Bertz CT molecular complexity index is 658. The van der Waals surface area contributed by atoms with Crippen LogP contribution in [0, 0.1) is 6.92 Å². The van der Waals surface area contributed by atoms with Crippen LogP contribution in [0.4, 0.5) is 0 Å². The van der Waals surface area contributed by atoms with Gasteiger partial charge in [-0.25, -0.2) is 4.98 Å². The monoisotopic (exact) mass is 240 g/mol. The third-order valence-electron chi connectivity index (χ3n) is 2.72. The third kappa shape index (κ3) is 2.06. The minimum Gasteiger partial charge on any atom is -0.348 e. The van der Waals surface area contributed by atoms with E-state index in [9.17, 15) is 0 Å². The Labute approximate surface area is 104 Å². The Balaban J connectivity index is 1.99. The summed E-state index contributed by atoms with van der Waals surface area (Å²) in [5.74, 6) is 0. The number of aromatic nitrogens is 2. The maximum atomic E-state index is 4.30. The Kier molecular flexibility index (Phi) is 2.61. The standard InChI is InChI=1S/C14H12N2S/c1-10-14(16-9-15-10)17-13-7-6-11-4-2-3-5-12(11)8-13/h2-9H,1H3,(H,15,16). The lowest BCUT2D eigenvalue weighted by molar-refractivity contribution is 1.15. The number of rotatable bonds is 2. The lowest BCUT2D eigenvalue weighted by atomic mass is 10.1. The van der Waals surface area contributed by atoms with Crippen LogP contribution in [0.3, 0.4) is 0 Å². The van der Waals surface area contributed by atoms with Gasteiger partial charge >= 0.3 is 0 Å². The van der Waals surface area contributed by atoms with Crippen LogP contribution in [-0.2, 0) is 0 Å². The minimum absolute atomic E-state index is 1.04. The first-order valence-electron chi connectivity index (χ1n) is 5.49. The summed E-state index contributed by atoms with van der Waals surface area (Å²) in [6, 6.07) is 14.9. The van der Waals surface area contributed by atoms with Gasteiger partial charge in [0, 0.05) is 10.6 Å². The van der Waals surface area contributed by atoms with Crippen LogP contribution in [0.5, 0.6) is 0 Å². The van der Waals surface area contributed by atoms with E-state index in [2.05, 4.69) is 52.4 Å². The van der Waals surface area contributed by atoms with Crippen molar-refractivity contribution in [2.24, 2.45) is 0 Å². The number of aromatic amines is 1. The number of hydrogen-bond acceptors (Lipinski definition) is 2. The molecular weight excluding hydrogens is 228 g/mol. The van der Waals surface area contributed by atoms with Crippen LogP contribution in [0.25, 0.3) is 10.8 Å². The van der Waals surface area contributed by atoms with Crippen molar-refractivity contribution in [2.45, 2.75) is 16.8 Å². The van der Waals surface area contributed by atoms with Gasteiger partial charge in [0.15, 0.2) is 0 Å². The summed E-state index contributed by atoms with van der Waals surface area (Å²) in [4.78, 5) is 8.61. The lowest BCUT2D eigenvalue weighted by Crippen LogP contribution is -1.78. The minimum atomic E-state index is 1.04. The molecule has 1 heterocycles. The van der Waals surface area contributed by atoms with Crippen molar-refractivity contribution in [3.63, 3.8) is 0 Å². The third-order valence-corrected chi connectivity index (χ3v) is 3.81. The zero-order chi connectivity index (χ0) is 11.7. The second kappa shape index (κ2) is 4.26. The van der Waals surface area contributed by atoms with Crippen LogP contribution in [-0.4, -0.2) is 9.97 Å². The molecule has 1 N–H and O–H groups in total. The number of imidazole rings is 1. The van der Waals surface area contributed by atoms with Crippen LogP contribution < -0.4 is 0 Å². The van der Waals surface area contributed by atoms with E-state index < -0.39 is 0 Å². The van der Waals surface area contributed by atoms with Gasteiger partial charge in [0.1, 0.15) is 5.03 Å². The average Bonchev–Trinajstić information content (AvgIpc) is 2.75. The summed E-state index contributed by atoms with van der Waals surface area (Å²) in [5.41, 5.74) is 1.11. The SMILES string of the molecule is Cc1[nH]cnc1Sc1ccc2ccccc2c1. The lowest BCUT2D eigenvalue weighted by Gasteiger charge is -2.02. The fourth-order valence-corrected chi connectivity index (χ4v) is 2.65. The highest BCUT2D eigenvalue weighted by molar-refractivity contribution is 7.99. The quantitative estimate of drug-likeness (QED) is 0.732. The molecule has 0 unspecified atom stereocenters. The molecule has 3 rings (SSSR count). The number of fused-ring (bicyclic) bond motifs is 1. The Morgan fingerprint density at radius 1 is 1.06 bits per heavy atom. The molecule has 0 bridgehead atoms. The maximum Gasteiger partial charge on any atom is 0.122 e. The first kappa shape index (κ1) is 10.4. The number of benzene rings is 2. The first-order valence-corrected chi connectivity index (χ1v) is 6.31. The molecule has 0 saturated heterocycles. The smallest absolute Gasteiger partial charge is 0.122 e. The van der Waals surface area contributed by atoms with Crippen LogP contribution in [0.1, 0.15) is 5.69 Å². The van der Waals surface area contributed by atoms with E-state index in [0.717, 1.165) is 10.7 Å². The fourth-order valence-electron chi connectivity index (χ4n) is 1.79. The summed E-state index contributed by atoms with van der Waals surface area (Å²) in [6.07, 6.45) is 1.73. The molecule has 0 aliphatic heterocycles. The second-order valence-electron chi connectivity index (χ2n) is 3.94. The van der Waals surface area contributed by atoms with Gasteiger partial charge in [0.2, 0.25) is 0 Å². The molecule has 0 spiro atoms. The van der Waals surface area contributed by atoms with Crippen molar-refractivity contribution < 1.29 is 0 Å². The zero-order valence-electron chi connectivity index (χ0n) is 9.47. The van der Waals surface area contributed by atoms with Crippen molar-refractivity contribution in [3.05, 3.63) is 54.5 Å². The number of nitrogens with one attached hydrogen (secondary N) is 1. The summed E-state index contributed by atoms with van der Waals surface area (Å²) in [7, 11) is 0. The van der Waals surface area contributed by atoms with Crippen molar-refractivity contribution in [2.75, 3.05) is 0 Å². The Morgan fingerprint density at radius 2 is 1.88 bits per heavy atom. The summed E-state index contributed by atoms with van der Waals surface area (Å²) >= 11 is 1.69. The fraction of sp³-hybridized carbons (Fsp3) is 0.0714. The van der Waals surface area contributed by atoms with E-state index in [-0.39, 0.29) is 0 Å². The predicted molar refractivity (Wildman–Crippen MR) is 71.4 cm³/mol. The van der Waals surface area contributed by atoms with Gasteiger partial charge in [-0.05, 0) is 29.8 Å². The molecule has 0 amide bonds. The van der Waals surface area contributed by atoms with E-state index in [0.29, 0.717) is 0 Å². The number of H-pyrrole nitrogens is 1. The van der Waals surface area contributed by atoms with Gasteiger partial charge in [0.05, 0.1) is 6.33 Å².